The molecule has 0 saturated heterocycles. The molecule has 4 nitrogen and oxygen atoms in total. The molecule has 0 fully saturated rings. The van der Waals surface area contributed by atoms with E-state index in [1.54, 1.807) is 34.4 Å². The van der Waals surface area contributed by atoms with Crippen molar-refractivity contribution in [3.8, 4) is 5.69 Å². The SMILES string of the molecule is c1ccc(-n2c(Cc3cccs3)nnc2SCc2nc3ccccc3s2)cc1. The summed E-state index contributed by atoms with van der Waals surface area (Å²) in [5.74, 6) is 1.74. The summed E-state index contributed by atoms with van der Waals surface area (Å²) in [5.41, 5.74) is 2.15. The highest BCUT2D eigenvalue weighted by Crippen LogP contribution is 2.30. The van der Waals surface area contributed by atoms with E-state index in [0.29, 0.717) is 0 Å². The van der Waals surface area contributed by atoms with Crippen LogP contribution in [0, 0.1) is 0 Å². The van der Waals surface area contributed by atoms with Crippen LogP contribution in [-0.2, 0) is 12.2 Å². The van der Waals surface area contributed by atoms with E-state index in [2.05, 4.69) is 62.6 Å². The number of hydrogen-bond donors (Lipinski definition) is 0. The van der Waals surface area contributed by atoms with E-state index in [1.807, 2.05) is 24.3 Å². The van der Waals surface area contributed by atoms with Crippen LogP contribution in [0.1, 0.15) is 15.7 Å². The van der Waals surface area contributed by atoms with E-state index < -0.39 is 0 Å². The smallest absolute Gasteiger partial charge is 0.196 e. The highest BCUT2D eigenvalue weighted by atomic mass is 32.2. The van der Waals surface area contributed by atoms with Gasteiger partial charge >= 0.3 is 0 Å². The molecule has 0 spiro atoms. The van der Waals surface area contributed by atoms with Crippen LogP contribution in [0.15, 0.2) is 77.3 Å². The molecule has 138 valence electrons. The van der Waals surface area contributed by atoms with Crippen molar-refractivity contribution in [3.05, 3.63) is 87.8 Å². The Labute approximate surface area is 174 Å². The third-order valence-corrected chi connectivity index (χ3v) is 7.33. The molecule has 5 rings (SSSR count). The molecule has 0 aliphatic carbocycles. The monoisotopic (exact) mass is 420 g/mol. The van der Waals surface area contributed by atoms with E-state index in [-0.39, 0.29) is 0 Å². The van der Waals surface area contributed by atoms with Gasteiger partial charge < -0.3 is 0 Å². The van der Waals surface area contributed by atoms with Crippen molar-refractivity contribution in [3.63, 3.8) is 0 Å². The van der Waals surface area contributed by atoms with Crippen molar-refractivity contribution in [1.82, 2.24) is 19.7 Å². The number of thioether (sulfide) groups is 1. The first-order chi connectivity index (χ1) is 13.9. The van der Waals surface area contributed by atoms with Crippen LogP contribution < -0.4 is 0 Å². The number of aromatic nitrogens is 4. The molecule has 0 unspecified atom stereocenters. The van der Waals surface area contributed by atoms with E-state index in [9.17, 15) is 0 Å². The minimum atomic E-state index is 0.779. The van der Waals surface area contributed by atoms with Crippen LogP contribution in [0.5, 0.6) is 0 Å². The fraction of sp³-hybridized carbons (Fsp3) is 0.0952. The number of nitrogens with zero attached hydrogens (tertiary/aromatic N) is 4. The lowest BCUT2D eigenvalue weighted by molar-refractivity contribution is 0.851. The quantitative estimate of drug-likeness (QED) is 0.325. The molecule has 28 heavy (non-hydrogen) atoms. The Morgan fingerprint density at radius 3 is 2.57 bits per heavy atom. The molecule has 7 heteroatoms. The molecule has 5 aromatic rings. The minimum Gasteiger partial charge on any atom is -0.274 e. The van der Waals surface area contributed by atoms with Gasteiger partial charge in [0.25, 0.3) is 0 Å². The van der Waals surface area contributed by atoms with Gasteiger partial charge in [-0.1, -0.05) is 48.2 Å². The predicted molar refractivity (Wildman–Crippen MR) is 118 cm³/mol. The van der Waals surface area contributed by atoms with Crippen molar-refractivity contribution in [1.29, 1.82) is 0 Å². The maximum Gasteiger partial charge on any atom is 0.196 e. The topological polar surface area (TPSA) is 43.6 Å². The van der Waals surface area contributed by atoms with E-state index in [1.165, 1.54) is 9.58 Å². The summed E-state index contributed by atoms with van der Waals surface area (Å²) in [6.45, 7) is 0. The molecule has 3 aromatic heterocycles. The Morgan fingerprint density at radius 1 is 0.893 bits per heavy atom. The van der Waals surface area contributed by atoms with Gasteiger partial charge in [0.15, 0.2) is 5.16 Å². The molecule has 0 bridgehead atoms. The number of hydrogen-bond acceptors (Lipinski definition) is 6. The first-order valence-electron chi connectivity index (χ1n) is 8.86. The van der Waals surface area contributed by atoms with E-state index >= 15 is 0 Å². The summed E-state index contributed by atoms with van der Waals surface area (Å²) in [5, 5.41) is 13.1. The number of para-hydroxylation sites is 2. The van der Waals surface area contributed by atoms with Crippen molar-refractivity contribution < 1.29 is 0 Å². The minimum absolute atomic E-state index is 0.779. The van der Waals surface area contributed by atoms with Crippen LogP contribution in [-0.4, -0.2) is 19.7 Å². The van der Waals surface area contributed by atoms with Gasteiger partial charge in [0.1, 0.15) is 10.8 Å². The molecule has 0 amide bonds. The zero-order valence-corrected chi connectivity index (χ0v) is 17.3. The maximum absolute atomic E-state index is 4.74. The third kappa shape index (κ3) is 3.61. The average Bonchev–Trinajstić information content (AvgIpc) is 3.47. The Morgan fingerprint density at radius 2 is 1.75 bits per heavy atom. The summed E-state index contributed by atoms with van der Waals surface area (Å²) in [6.07, 6.45) is 0.779. The van der Waals surface area contributed by atoms with Gasteiger partial charge in [-0.25, -0.2) is 4.98 Å². The molecular formula is C21H16N4S3. The lowest BCUT2D eigenvalue weighted by atomic mass is 10.3. The summed E-state index contributed by atoms with van der Waals surface area (Å²) >= 11 is 5.17. The highest BCUT2D eigenvalue weighted by Gasteiger charge is 2.16. The number of thiophene rings is 1. The standard InChI is InChI=1S/C21H16N4S3/c1-2-7-15(8-3-1)25-19(13-16-9-6-12-26-16)23-24-21(25)27-14-20-22-17-10-4-5-11-18(17)28-20/h1-12H,13-14H2. The van der Waals surface area contributed by atoms with Crippen LogP contribution in [0.3, 0.4) is 0 Å². The van der Waals surface area contributed by atoms with Crippen molar-refractivity contribution in [2.75, 3.05) is 0 Å². The van der Waals surface area contributed by atoms with Gasteiger partial charge in [-0.15, -0.1) is 32.9 Å². The molecular weight excluding hydrogens is 404 g/mol. The van der Waals surface area contributed by atoms with Crippen LogP contribution in [0.4, 0.5) is 0 Å². The van der Waals surface area contributed by atoms with E-state index in [0.717, 1.165) is 39.4 Å². The molecule has 2 aromatic carbocycles. The average molecular weight is 421 g/mol. The van der Waals surface area contributed by atoms with Crippen molar-refractivity contribution >= 4 is 44.7 Å². The molecule has 0 saturated carbocycles. The molecule has 0 radical (unpaired) electrons. The largest absolute Gasteiger partial charge is 0.274 e. The first kappa shape index (κ1) is 17.6. The van der Waals surface area contributed by atoms with Crippen molar-refractivity contribution in [2.45, 2.75) is 17.3 Å². The normalized spacial score (nSPS) is 11.3. The lowest BCUT2D eigenvalue weighted by Gasteiger charge is -2.09. The van der Waals surface area contributed by atoms with Gasteiger partial charge in [-0.3, -0.25) is 4.57 Å². The van der Waals surface area contributed by atoms with Gasteiger partial charge in [0.05, 0.1) is 16.0 Å². The van der Waals surface area contributed by atoms with Gasteiger partial charge in [-0.05, 0) is 35.7 Å². The van der Waals surface area contributed by atoms with Crippen molar-refractivity contribution in [2.24, 2.45) is 0 Å². The zero-order valence-electron chi connectivity index (χ0n) is 14.9. The second kappa shape index (κ2) is 7.87. The highest BCUT2D eigenvalue weighted by molar-refractivity contribution is 7.98. The Bertz CT molecular complexity index is 1160. The van der Waals surface area contributed by atoms with Crippen LogP contribution in [0.2, 0.25) is 0 Å². The van der Waals surface area contributed by atoms with E-state index in [4.69, 9.17) is 4.98 Å². The number of fused-ring (bicyclic) bond motifs is 1. The van der Waals surface area contributed by atoms with Gasteiger partial charge in [-0.2, -0.15) is 0 Å². The summed E-state index contributed by atoms with van der Waals surface area (Å²) in [7, 11) is 0. The Kier molecular flexibility index (Phi) is 4.95. The van der Waals surface area contributed by atoms with Gasteiger partial charge in [0, 0.05) is 17.0 Å². The third-order valence-electron chi connectivity index (χ3n) is 4.29. The first-order valence-corrected chi connectivity index (χ1v) is 11.5. The second-order valence-electron chi connectivity index (χ2n) is 6.19. The maximum atomic E-state index is 4.74. The fourth-order valence-electron chi connectivity index (χ4n) is 3.02. The van der Waals surface area contributed by atoms with Crippen LogP contribution in [0.25, 0.3) is 15.9 Å². The molecule has 0 N–H and O–H groups in total. The number of rotatable bonds is 6. The van der Waals surface area contributed by atoms with Crippen LogP contribution >= 0.6 is 34.4 Å². The fourth-order valence-corrected chi connectivity index (χ4v) is 5.65. The number of benzene rings is 2. The Hall–Kier alpha value is -2.48. The zero-order chi connectivity index (χ0) is 18.8. The molecule has 0 aliphatic rings. The predicted octanol–water partition coefficient (Wildman–Crippen LogP) is 5.82. The summed E-state index contributed by atoms with van der Waals surface area (Å²) in [4.78, 5) is 6.02. The Balaban J connectivity index is 1.45. The number of thiazole rings is 1. The molecule has 0 atom stereocenters. The summed E-state index contributed by atoms with van der Waals surface area (Å²) < 4.78 is 3.39. The second-order valence-corrected chi connectivity index (χ2v) is 9.28. The van der Waals surface area contributed by atoms with Gasteiger partial charge in [0.2, 0.25) is 0 Å². The molecule has 0 aliphatic heterocycles. The molecule has 3 heterocycles. The summed E-state index contributed by atoms with van der Waals surface area (Å²) in [6, 6.07) is 22.8. The lowest BCUT2D eigenvalue weighted by Crippen LogP contribution is -2.03.